The van der Waals surface area contributed by atoms with Crippen LogP contribution in [0.2, 0.25) is 0 Å². The molecular formula is C14H17N. The summed E-state index contributed by atoms with van der Waals surface area (Å²) >= 11 is 0. The van der Waals surface area contributed by atoms with Crippen LogP contribution in [0, 0.1) is 0 Å². The summed E-state index contributed by atoms with van der Waals surface area (Å²) in [4.78, 5) is 0. The highest BCUT2D eigenvalue weighted by molar-refractivity contribution is 5.47. The van der Waals surface area contributed by atoms with E-state index in [1.54, 1.807) is 6.08 Å². The Labute approximate surface area is 91.7 Å². The molecule has 0 amide bonds. The normalized spacial score (nSPS) is 19.7. The van der Waals surface area contributed by atoms with Crippen LogP contribution in [-0.4, -0.2) is 0 Å². The van der Waals surface area contributed by atoms with Crippen molar-refractivity contribution in [3.05, 3.63) is 72.0 Å². The molecule has 0 bridgehead atoms. The van der Waals surface area contributed by atoms with Gasteiger partial charge in [0.1, 0.15) is 0 Å². The van der Waals surface area contributed by atoms with Gasteiger partial charge in [0.15, 0.2) is 0 Å². The van der Waals surface area contributed by atoms with Gasteiger partial charge in [0.2, 0.25) is 0 Å². The molecule has 1 aliphatic carbocycles. The average Bonchev–Trinajstić information content (AvgIpc) is 2.31. The lowest BCUT2D eigenvalue weighted by Crippen LogP contribution is -2.04. The molecular weight excluding hydrogens is 182 g/mol. The summed E-state index contributed by atoms with van der Waals surface area (Å²) in [5, 5.41) is 0. The van der Waals surface area contributed by atoms with E-state index in [0.29, 0.717) is 0 Å². The first-order chi connectivity index (χ1) is 7.29. The summed E-state index contributed by atoms with van der Waals surface area (Å²) < 4.78 is 0. The van der Waals surface area contributed by atoms with E-state index >= 15 is 0 Å². The van der Waals surface area contributed by atoms with Crippen LogP contribution in [0.5, 0.6) is 0 Å². The highest BCUT2D eigenvalue weighted by atomic mass is 14.6. The van der Waals surface area contributed by atoms with Gasteiger partial charge in [-0.15, -0.1) is 0 Å². The van der Waals surface area contributed by atoms with Gasteiger partial charge in [-0.05, 0) is 24.5 Å². The van der Waals surface area contributed by atoms with Gasteiger partial charge in [0, 0.05) is 5.70 Å². The smallest absolute Gasteiger partial charge is 0.0423 e. The minimum absolute atomic E-state index is 0.809. The zero-order valence-electron chi connectivity index (χ0n) is 9.11. The van der Waals surface area contributed by atoms with Crippen molar-refractivity contribution in [2.45, 2.75) is 13.3 Å². The second-order valence-corrected chi connectivity index (χ2v) is 3.28. The Morgan fingerprint density at radius 3 is 2.80 bits per heavy atom. The zero-order chi connectivity index (χ0) is 11.1. The largest absolute Gasteiger partial charge is 0.398 e. The van der Waals surface area contributed by atoms with Crippen LogP contribution in [0.3, 0.4) is 0 Å². The molecule has 15 heavy (non-hydrogen) atoms. The molecule has 0 aliphatic heterocycles. The number of rotatable bonds is 3. The molecule has 2 N–H and O–H groups in total. The molecule has 1 rings (SSSR count). The molecule has 1 aliphatic rings. The standard InChI is InChI=1S/C14H17N/c1-3-5-9-12(4-2)14(15)13-10-7-6-8-11-13/h3-10H,2,11,15H2,1H3/b5-3-,12-9+,14-13-. The van der Waals surface area contributed by atoms with E-state index in [4.69, 9.17) is 5.73 Å². The lowest BCUT2D eigenvalue weighted by atomic mass is 10.0. The molecule has 78 valence electrons. The first kappa shape index (κ1) is 11.3. The van der Waals surface area contributed by atoms with Crippen LogP contribution < -0.4 is 5.73 Å². The molecule has 0 fully saturated rings. The molecule has 1 nitrogen and oxygen atoms in total. The third kappa shape index (κ3) is 3.13. The second-order valence-electron chi connectivity index (χ2n) is 3.28. The third-order valence-corrected chi connectivity index (χ3v) is 2.23. The van der Waals surface area contributed by atoms with Crippen molar-refractivity contribution >= 4 is 0 Å². The van der Waals surface area contributed by atoms with E-state index in [1.165, 1.54) is 0 Å². The Hall–Kier alpha value is -1.76. The fourth-order valence-electron chi connectivity index (χ4n) is 1.37. The second kappa shape index (κ2) is 5.86. The minimum atomic E-state index is 0.809. The Balaban J connectivity index is 2.99. The average molecular weight is 199 g/mol. The third-order valence-electron chi connectivity index (χ3n) is 2.23. The highest BCUT2D eigenvalue weighted by Gasteiger charge is 2.03. The lowest BCUT2D eigenvalue weighted by Gasteiger charge is -2.09. The van der Waals surface area contributed by atoms with E-state index < -0.39 is 0 Å². The summed E-state index contributed by atoms with van der Waals surface area (Å²) in [6.07, 6.45) is 16.8. The molecule has 0 heterocycles. The SMILES string of the molecule is C=CC(=C\C=C/C)/C(N)=C1\C=CC=CC1. The fraction of sp³-hybridized carbons (Fsp3) is 0.143. The molecule has 0 saturated carbocycles. The Bertz CT molecular complexity index is 376. The highest BCUT2D eigenvalue weighted by Crippen LogP contribution is 2.18. The van der Waals surface area contributed by atoms with Crippen LogP contribution >= 0.6 is 0 Å². The predicted molar refractivity (Wildman–Crippen MR) is 67.2 cm³/mol. The fourth-order valence-corrected chi connectivity index (χ4v) is 1.37. The molecule has 1 heteroatoms. The van der Waals surface area contributed by atoms with E-state index in [1.807, 2.05) is 43.4 Å². The van der Waals surface area contributed by atoms with E-state index in [0.717, 1.165) is 23.3 Å². The molecule has 0 radical (unpaired) electrons. The van der Waals surface area contributed by atoms with E-state index in [-0.39, 0.29) is 0 Å². The van der Waals surface area contributed by atoms with Gasteiger partial charge >= 0.3 is 0 Å². The minimum Gasteiger partial charge on any atom is -0.398 e. The maximum Gasteiger partial charge on any atom is 0.0423 e. The topological polar surface area (TPSA) is 26.0 Å². The van der Waals surface area contributed by atoms with Gasteiger partial charge in [-0.1, -0.05) is 55.2 Å². The molecule has 0 unspecified atom stereocenters. The van der Waals surface area contributed by atoms with Crippen LogP contribution in [0.25, 0.3) is 0 Å². The Morgan fingerprint density at radius 1 is 1.47 bits per heavy atom. The molecule has 0 aromatic carbocycles. The monoisotopic (exact) mass is 199 g/mol. The summed E-state index contributed by atoms with van der Waals surface area (Å²) in [5.74, 6) is 0. The van der Waals surface area contributed by atoms with Crippen molar-refractivity contribution in [1.29, 1.82) is 0 Å². The lowest BCUT2D eigenvalue weighted by molar-refractivity contribution is 1.17. The van der Waals surface area contributed by atoms with Crippen molar-refractivity contribution in [2.75, 3.05) is 0 Å². The van der Waals surface area contributed by atoms with Crippen LogP contribution in [-0.2, 0) is 0 Å². The van der Waals surface area contributed by atoms with Gasteiger partial charge in [-0.3, -0.25) is 0 Å². The summed E-state index contributed by atoms with van der Waals surface area (Å²) in [5.41, 5.74) is 9.00. The first-order valence-electron chi connectivity index (χ1n) is 5.07. The number of allylic oxidation sites excluding steroid dienone is 9. The molecule has 0 saturated heterocycles. The van der Waals surface area contributed by atoms with Crippen LogP contribution in [0.1, 0.15) is 13.3 Å². The summed E-state index contributed by atoms with van der Waals surface area (Å²) in [7, 11) is 0. The zero-order valence-corrected chi connectivity index (χ0v) is 9.11. The molecule has 0 aromatic rings. The number of hydrogen-bond acceptors (Lipinski definition) is 1. The van der Waals surface area contributed by atoms with Crippen molar-refractivity contribution < 1.29 is 0 Å². The summed E-state index contributed by atoms with van der Waals surface area (Å²) in [6, 6.07) is 0. The van der Waals surface area contributed by atoms with Crippen molar-refractivity contribution in [1.82, 2.24) is 0 Å². The Kier molecular flexibility index (Phi) is 4.42. The first-order valence-corrected chi connectivity index (χ1v) is 5.07. The van der Waals surface area contributed by atoms with Gasteiger partial charge < -0.3 is 5.73 Å². The van der Waals surface area contributed by atoms with E-state index in [9.17, 15) is 0 Å². The van der Waals surface area contributed by atoms with Gasteiger partial charge in [-0.2, -0.15) is 0 Å². The molecule has 0 aromatic heterocycles. The van der Waals surface area contributed by atoms with Crippen molar-refractivity contribution in [3.63, 3.8) is 0 Å². The van der Waals surface area contributed by atoms with Crippen LogP contribution in [0.15, 0.2) is 72.0 Å². The maximum atomic E-state index is 6.07. The number of nitrogens with two attached hydrogens (primary N) is 1. The van der Waals surface area contributed by atoms with Gasteiger partial charge in [0.05, 0.1) is 0 Å². The van der Waals surface area contributed by atoms with E-state index in [2.05, 4.69) is 12.7 Å². The van der Waals surface area contributed by atoms with Crippen LogP contribution in [0.4, 0.5) is 0 Å². The van der Waals surface area contributed by atoms with Gasteiger partial charge in [-0.25, -0.2) is 0 Å². The number of hydrogen-bond donors (Lipinski definition) is 1. The van der Waals surface area contributed by atoms with Gasteiger partial charge in [0.25, 0.3) is 0 Å². The molecule has 0 spiro atoms. The maximum absolute atomic E-state index is 6.07. The molecule has 0 atom stereocenters. The van der Waals surface area contributed by atoms with Crippen molar-refractivity contribution in [2.24, 2.45) is 5.73 Å². The predicted octanol–water partition coefficient (Wildman–Crippen LogP) is 3.40. The quantitative estimate of drug-likeness (QED) is 0.693. The summed E-state index contributed by atoms with van der Waals surface area (Å²) in [6.45, 7) is 5.75. The Morgan fingerprint density at radius 2 is 2.27 bits per heavy atom. The van der Waals surface area contributed by atoms with Crippen molar-refractivity contribution in [3.8, 4) is 0 Å².